The molecule has 0 atom stereocenters. The number of hydrogen-bond donors (Lipinski definition) is 1. The van der Waals surface area contributed by atoms with Gasteiger partial charge in [-0.05, 0) is 63.9 Å². The molecule has 1 aromatic heterocycles. The Labute approximate surface area is 147 Å². The van der Waals surface area contributed by atoms with Crippen LogP contribution in [0.3, 0.4) is 0 Å². The van der Waals surface area contributed by atoms with Crippen LogP contribution in [0, 0.1) is 20.8 Å². The molecule has 2 heterocycles. The average molecular weight is 344 g/mol. The third-order valence-electron chi connectivity index (χ3n) is 4.51. The van der Waals surface area contributed by atoms with Gasteiger partial charge in [0.05, 0.1) is 6.54 Å². The highest BCUT2D eigenvalue weighted by Crippen LogP contribution is 2.29. The molecule has 1 aliphatic heterocycles. The summed E-state index contributed by atoms with van der Waals surface area (Å²) in [6.07, 6.45) is 2.09. The smallest absolute Gasteiger partial charge is 0.238 e. The molecule has 1 N–H and O–H groups in total. The maximum Gasteiger partial charge on any atom is 0.238 e. The molecule has 1 saturated heterocycles. The van der Waals surface area contributed by atoms with Crippen molar-refractivity contribution in [3.63, 3.8) is 0 Å². The van der Waals surface area contributed by atoms with Gasteiger partial charge in [-0.25, -0.2) is 0 Å². The van der Waals surface area contributed by atoms with E-state index in [1.807, 2.05) is 32.9 Å². The van der Waals surface area contributed by atoms with Crippen LogP contribution in [0.1, 0.15) is 39.9 Å². The van der Waals surface area contributed by atoms with Gasteiger partial charge < -0.3 is 5.32 Å². The van der Waals surface area contributed by atoms with E-state index >= 15 is 0 Å². The third-order valence-corrected chi connectivity index (χ3v) is 5.51. The van der Waals surface area contributed by atoms with Gasteiger partial charge in [0, 0.05) is 11.6 Å². The fourth-order valence-corrected chi connectivity index (χ4v) is 3.95. The summed E-state index contributed by atoms with van der Waals surface area (Å²) in [4.78, 5) is 14.6. The van der Waals surface area contributed by atoms with E-state index in [4.69, 9.17) is 0 Å². The first-order valence-electron chi connectivity index (χ1n) is 8.41. The number of carbonyl (C=O) groups is 1. The van der Waals surface area contributed by atoms with Crippen molar-refractivity contribution in [2.75, 3.05) is 25.0 Å². The zero-order valence-electron chi connectivity index (χ0n) is 14.5. The van der Waals surface area contributed by atoms with Crippen LogP contribution in [-0.4, -0.2) is 40.6 Å². The van der Waals surface area contributed by atoms with Crippen molar-refractivity contribution in [3.8, 4) is 0 Å². The van der Waals surface area contributed by atoms with Gasteiger partial charge in [0.25, 0.3) is 0 Å². The zero-order valence-corrected chi connectivity index (χ0v) is 15.3. The van der Waals surface area contributed by atoms with E-state index in [2.05, 4.69) is 26.5 Å². The Morgan fingerprint density at radius 1 is 1.25 bits per heavy atom. The molecule has 1 fully saturated rings. The Kier molecular flexibility index (Phi) is 5.26. The quantitative estimate of drug-likeness (QED) is 0.925. The summed E-state index contributed by atoms with van der Waals surface area (Å²) in [5.74, 6) is 0.559. The summed E-state index contributed by atoms with van der Waals surface area (Å²) >= 11 is 1.69. The number of nitrogens with zero attached hydrogens (tertiary/aromatic N) is 3. The molecule has 5 nitrogen and oxygen atoms in total. The summed E-state index contributed by atoms with van der Waals surface area (Å²) in [7, 11) is 0. The predicted molar refractivity (Wildman–Crippen MR) is 97.6 cm³/mol. The highest BCUT2D eigenvalue weighted by molar-refractivity contribution is 7.11. The number of nitrogens with one attached hydrogen (secondary N) is 1. The van der Waals surface area contributed by atoms with Crippen molar-refractivity contribution in [2.24, 2.45) is 0 Å². The number of likely N-dealkylation sites (tertiary alicyclic amines) is 1. The number of aromatic nitrogens is 2. The molecule has 24 heavy (non-hydrogen) atoms. The first-order valence-corrected chi connectivity index (χ1v) is 9.22. The number of piperidine rings is 1. The monoisotopic (exact) mass is 344 g/mol. The molecule has 6 heteroatoms. The third kappa shape index (κ3) is 4.19. The lowest BCUT2D eigenvalue weighted by atomic mass is 9.98. The molecule has 0 saturated carbocycles. The van der Waals surface area contributed by atoms with Gasteiger partial charge in [-0.1, -0.05) is 12.1 Å². The number of benzene rings is 1. The number of amides is 1. The van der Waals surface area contributed by atoms with Crippen molar-refractivity contribution >= 4 is 22.9 Å². The minimum absolute atomic E-state index is 0.0638. The lowest BCUT2D eigenvalue weighted by Gasteiger charge is -2.30. The van der Waals surface area contributed by atoms with Gasteiger partial charge in [-0.2, -0.15) is 0 Å². The highest BCUT2D eigenvalue weighted by atomic mass is 32.1. The minimum atomic E-state index is 0.0638. The summed E-state index contributed by atoms with van der Waals surface area (Å²) in [5, 5.41) is 13.6. The molecular formula is C18H24N4OS. The van der Waals surface area contributed by atoms with Crippen LogP contribution in [0.25, 0.3) is 0 Å². The maximum atomic E-state index is 12.3. The van der Waals surface area contributed by atoms with Gasteiger partial charge in [0.1, 0.15) is 10.0 Å². The highest BCUT2D eigenvalue weighted by Gasteiger charge is 2.24. The second kappa shape index (κ2) is 7.40. The first-order chi connectivity index (χ1) is 11.5. The van der Waals surface area contributed by atoms with Gasteiger partial charge in [0.2, 0.25) is 5.91 Å². The van der Waals surface area contributed by atoms with E-state index < -0.39 is 0 Å². The Morgan fingerprint density at radius 2 is 2.00 bits per heavy atom. The van der Waals surface area contributed by atoms with Crippen molar-refractivity contribution in [2.45, 2.75) is 39.5 Å². The van der Waals surface area contributed by atoms with Crippen LogP contribution in [0.2, 0.25) is 0 Å². The molecule has 0 unspecified atom stereocenters. The normalized spacial score (nSPS) is 16.3. The van der Waals surface area contributed by atoms with Gasteiger partial charge in [-0.3, -0.25) is 9.69 Å². The molecule has 1 aliphatic rings. The number of aryl methyl sites for hydroxylation is 3. The number of hydrogen-bond acceptors (Lipinski definition) is 5. The van der Waals surface area contributed by atoms with Crippen molar-refractivity contribution in [3.05, 3.63) is 39.3 Å². The molecule has 0 bridgehead atoms. The maximum absolute atomic E-state index is 12.3. The van der Waals surface area contributed by atoms with Crippen LogP contribution < -0.4 is 5.32 Å². The average Bonchev–Trinajstić information content (AvgIpc) is 2.98. The Bertz CT molecular complexity index is 720. The molecule has 2 aromatic rings. The second-order valence-electron chi connectivity index (χ2n) is 6.58. The molecule has 1 amide bonds. The fourth-order valence-electron chi connectivity index (χ4n) is 3.08. The molecule has 0 radical (unpaired) electrons. The van der Waals surface area contributed by atoms with E-state index in [1.165, 1.54) is 0 Å². The minimum Gasteiger partial charge on any atom is -0.325 e. The van der Waals surface area contributed by atoms with Crippen LogP contribution in [0.5, 0.6) is 0 Å². The van der Waals surface area contributed by atoms with E-state index in [0.717, 1.165) is 52.8 Å². The molecule has 3 rings (SSSR count). The lowest BCUT2D eigenvalue weighted by Crippen LogP contribution is -2.38. The van der Waals surface area contributed by atoms with Crippen molar-refractivity contribution in [1.29, 1.82) is 0 Å². The first kappa shape index (κ1) is 17.0. The standard InChI is InChI=1S/C18H24N4OS/c1-12-4-5-13(2)16(10-12)19-17(23)11-22-8-6-15(7-9-22)18-21-20-14(3)24-18/h4-5,10,15H,6-9,11H2,1-3H3,(H,19,23). The zero-order chi connectivity index (χ0) is 17.1. The van der Waals surface area contributed by atoms with Crippen LogP contribution in [-0.2, 0) is 4.79 Å². The molecule has 128 valence electrons. The fraction of sp³-hybridized carbons (Fsp3) is 0.500. The second-order valence-corrected chi connectivity index (χ2v) is 7.79. The summed E-state index contributed by atoms with van der Waals surface area (Å²) < 4.78 is 0. The van der Waals surface area contributed by atoms with E-state index in [-0.39, 0.29) is 5.91 Å². The van der Waals surface area contributed by atoms with Gasteiger partial charge in [-0.15, -0.1) is 21.5 Å². The van der Waals surface area contributed by atoms with Gasteiger partial charge in [0.15, 0.2) is 0 Å². The van der Waals surface area contributed by atoms with Crippen LogP contribution in [0.4, 0.5) is 5.69 Å². The van der Waals surface area contributed by atoms with Crippen LogP contribution in [0.15, 0.2) is 18.2 Å². The van der Waals surface area contributed by atoms with Crippen molar-refractivity contribution in [1.82, 2.24) is 15.1 Å². The SMILES string of the molecule is Cc1ccc(C)c(NC(=O)CN2CCC(c3nnc(C)s3)CC2)c1. The largest absolute Gasteiger partial charge is 0.325 e. The summed E-state index contributed by atoms with van der Waals surface area (Å²) in [6.45, 7) is 8.37. The molecular weight excluding hydrogens is 320 g/mol. The lowest BCUT2D eigenvalue weighted by molar-refractivity contribution is -0.117. The number of anilines is 1. The number of rotatable bonds is 4. The Balaban J connectivity index is 1.50. The topological polar surface area (TPSA) is 58.1 Å². The number of carbonyl (C=O) groups excluding carboxylic acids is 1. The van der Waals surface area contributed by atoms with Crippen molar-refractivity contribution < 1.29 is 4.79 Å². The van der Waals surface area contributed by atoms with E-state index in [9.17, 15) is 4.79 Å². The molecule has 1 aromatic carbocycles. The summed E-state index contributed by atoms with van der Waals surface area (Å²) in [5.41, 5.74) is 3.17. The Hall–Kier alpha value is -1.79. The van der Waals surface area contributed by atoms with E-state index in [1.54, 1.807) is 11.3 Å². The predicted octanol–water partition coefficient (Wildman–Crippen LogP) is 3.28. The molecule has 0 aliphatic carbocycles. The van der Waals surface area contributed by atoms with Gasteiger partial charge >= 0.3 is 0 Å². The van der Waals surface area contributed by atoms with Crippen LogP contribution >= 0.6 is 11.3 Å². The Morgan fingerprint density at radius 3 is 2.67 bits per heavy atom. The molecule has 0 spiro atoms. The van der Waals surface area contributed by atoms with E-state index in [0.29, 0.717) is 12.5 Å². The summed E-state index contributed by atoms with van der Waals surface area (Å²) in [6, 6.07) is 6.13.